The molecule has 3 nitrogen and oxygen atoms in total. The fourth-order valence-corrected chi connectivity index (χ4v) is 3.56. The molecule has 2 aromatic rings. The van der Waals surface area contributed by atoms with Crippen molar-refractivity contribution < 1.29 is 0 Å². The zero-order chi connectivity index (χ0) is 13.9. The number of rotatable bonds is 2. The molecule has 20 heavy (non-hydrogen) atoms. The molecule has 1 aliphatic rings. The number of piperazine rings is 1. The van der Waals surface area contributed by atoms with E-state index < -0.39 is 0 Å². The van der Waals surface area contributed by atoms with Crippen LogP contribution in [0.3, 0.4) is 0 Å². The van der Waals surface area contributed by atoms with Crippen molar-refractivity contribution in [2.24, 2.45) is 0 Å². The van der Waals surface area contributed by atoms with Gasteiger partial charge in [-0.25, -0.2) is 0 Å². The predicted octanol–water partition coefficient (Wildman–Crippen LogP) is 1.45. The molecule has 1 aliphatic heterocycles. The molecule has 2 N–H and O–H groups in total. The van der Waals surface area contributed by atoms with Gasteiger partial charge in [0.2, 0.25) is 0 Å². The van der Waals surface area contributed by atoms with Crippen molar-refractivity contribution in [3.63, 3.8) is 0 Å². The fraction of sp³-hybridized carbons (Fsp3) is 0.267. The highest BCUT2D eigenvalue weighted by atomic mass is 32.1. The smallest absolute Gasteiger partial charge is 0.159 e. The monoisotopic (exact) mass is 303 g/mol. The van der Waals surface area contributed by atoms with Gasteiger partial charge in [0.25, 0.3) is 0 Å². The summed E-state index contributed by atoms with van der Waals surface area (Å²) in [6, 6.07) is 8.51. The van der Waals surface area contributed by atoms with Gasteiger partial charge in [-0.3, -0.25) is 0 Å². The molecule has 0 aliphatic carbocycles. The van der Waals surface area contributed by atoms with Gasteiger partial charge in [0.1, 0.15) is 0 Å². The average molecular weight is 303 g/mol. The van der Waals surface area contributed by atoms with Crippen LogP contribution < -0.4 is 20.1 Å². The maximum absolute atomic E-state index is 5.18. The Labute approximate surface area is 127 Å². The van der Waals surface area contributed by atoms with E-state index in [0.717, 1.165) is 40.0 Å². The second-order valence-corrected chi connectivity index (χ2v) is 6.52. The number of nitrogens with one attached hydrogen (secondary N) is 2. The van der Waals surface area contributed by atoms with Crippen LogP contribution in [0.1, 0.15) is 5.56 Å². The number of para-hydroxylation sites is 1. The van der Waals surface area contributed by atoms with Crippen molar-refractivity contribution in [2.45, 2.75) is 0 Å². The van der Waals surface area contributed by atoms with Crippen LogP contribution in [0.25, 0.3) is 12.7 Å². The first-order valence-electron chi connectivity index (χ1n) is 6.68. The van der Waals surface area contributed by atoms with Crippen LogP contribution in [0.4, 0.5) is 5.69 Å². The van der Waals surface area contributed by atoms with E-state index in [-0.39, 0.29) is 0 Å². The molecule has 1 fully saturated rings. The molecule has 0 unspecified atom stereocenters. The Hall–Kier alpha value is -1.43. The summed E-state index contributed by atoms with van der Waals surface area (Å²) in [5.41, 5.74) is 2.51. The summed E-state index contributed by atoms with van der Waals surface area (Å²) in [6.07, 6.45) is 2.18. The van der Waals surface area contributed by atoms with E-state index in [9.17, 15) is 0 Å². The number of nitrogens with zero attached hydrogens (tertiary/aromatic N) is 1. The third kappa shape index (κ3) is 2.85. The number of hydrogen-bond acceptors (Lipinski definition) is 4. The Morgan fingerprint density at radius 2 is 2.00 bits per heavy atom. The molecule has 1 aromatic heterocycles. The topological polar surface area (TPSA) is 31.1 Å². The van der Waals surface area contributed by atoms with Crippen molar-refractivity contribution >= 4 is 41.9 Å². The van der Waals surface area contributed by atoms with Gasteiger partial charge in [-0.2, -0.15) is 0 Å². The lowest BCUT2D eigenvalue weighted by Crippen LogP contribution is -2.43. The Morgan fingerprint density at radius 3 is 2.70 bits per heavy atom. The summed E-state index contributed by atoms with van der Waals surface area (Å²) in [5, 5.41) is 4.29. The normalized spacial score (nSPS) is 16.6. The largest absolute Gasteiger partial charge is 0.369 e. The van der Waals surface area contributed by atoms with Crippen LogP contribution in [-0.4, -0.2) is 31.2 Å². The Balaban J connectivity index is 2.06. The second-order valence-electron chi connectivity index (χ2n) is 4.80. The van der Waals surface area contributed by atoms with Gasteiger partial charge < -0.3 is 15.2 Å². The van der Waals surface area contributed by atoms with Gasteiger partial charge in [0, 0.05) is 37.2 Å². The number of hydrogen-bond donors (Lipinski definition) is 2. The summed E-state index contributed by atoms with van der Waals surface area (Å²) in [5.74, 6) is 0. The molecule has 0 amide bonds. The van der Waals surface area contributed by atoms with Crippen LogP contribution in [0.15, 0.2) is 24.3 Å². The molecule has 1 saturated heterocycles. The zero-order valence-electron chi connectivity index (χ0n) is 11.2. The van der Waals surface area contributed by atoms with E-state index in [0.29, 0.717) is 0 Å². The highest BCUT2D eigenvalue weighted by Crippen LogP contribution is 2.21. The lowest BCUT2D eigenvalue weighted by Gasteiger charge is -2.30. The molecule has 0 spiro atoms. The number of aromatic nitrogens is 1. The highest BCUT2D eigenvalue weighted by Gasteiger charge is 2.12. The summed E-state index contributed by atoms with van der Waals surface area (Å²) in [6.45, 7) is 8.19. The number of aromatic amines is 1. The number of H-pyrrole nitrogens is 1. The van der Waals surface area contributed by atoms with Crippen LogP contribution in [0.5, 0.6) is 0 Å². The van der Waals surface area contributed by atoms with E-state index in [1.165, 1.54) is 11.3 Å². The summed E-state index contributed by atoms with van der Waals surface area (Å²) >= 11 is 6.75. The molecule has 3 rings (SSSR count). The number of benzene rings is 1. The van der Waals surface area contributed by atoms with E-state index in [4.69, 9.17) is 12.2 Å². The molecule has 1 aromatic carbocycles. The zero-order valence-corrected chi connectivity index (χ0v) is 12.8. The van der Waals surface area contributed by atoms with Crippen LogP contribution in [0.2, 0.25) is 0 Å². The Morgan fingerprint density at radius 1 is 1.25 bits per heavy atom. The van der Waals surface area contributed by atoms with Gasteiger partial charge in [0.05, 0.1) is 4.53 Å². The Kier molecular flexibility index (Phi) is 4.00. The second kappa shape index (κ2) is 5.91. The van der Waals surface area contributed by atoms with E-state index >= 15 is 0 Å². The number of thiazole rings is 1. The summed E-state index contributed by atoms with van der Waals surface area (Å²) in [4.78, 5) is 5.52. The third-order valence-electron chi connectivity index (χ3n) is 3.43. The molecule has 0 bridgehead atoms. The molecule has 5 heteroatoms. The molecular weight excluding hydrogens is 286 g/mol. The fourth-order valence-electron chi connectivity index (χ4n) is 2.43. The first kappa shape index (κ1) is 13.5. The molecule has 0 atom stereocenters. The van der Waals surface area contributed by atoms with E-state index in [1.807, 2.05) is 0 Å². The maximum Gasteiger partial charge on any atom is 0.159 e. The molecule has 0 radical (unpaired) electrons. The molecular formula is C15H17N3S2. The first-order chi connectivity index (χ1) is 9.74. The minimum absolute atomic E-state index is 0.779. The summed E-state index contributed by atoms with van der Waals surface area (Å²) < 4.78 is 1.89. The van der Waals surface area contributed by atoms with Crippen molar-refractivity contribution in [1.29, 1.82) is 0 Å². The first-order valence-corrected chi connectivity index (χ1v) is 7.91. The minimum Gasteiger partial charge on any atom is -0.369 e. The molecule has 0 saturated carbocycles. The molecule has 104 valence electrons. The van der Waals surface area contributed by atoms with Gasteiger partial charge in [-0.05, 0) is 29.9 Å². The quantitative estimate of drug-likeness (QED) is 0.824. The van der Waals surface area contributed by atoms with Gasteiger partial charge in [-0.15, -0.1) is 11.3 Å². The predicted molar refractivity (Wildman–Crippen MR) is 89.4 cm³/mol. The molecule has 2 heterocycles. The van der Waals surface area contributed by atoms with Crippen LogP contribution in [0, 0.1) is 3.95 Å². The van der Waals surface area contributed by atoms with Crippen molar-refractivity contribution in [1.82, 2.24) is 10.3 Å². The number of anilines is 1. The lowest BCUT2D eigenvalue weighted by molar-refractivity contribution is 0.589. The van der Waals surface area contributed by atoms with Gasteiger partial charge >= 0.3 is 0 Å². The van der Waals surface area contributed by atoms with Gasteiger partial charge in [0.15, 0.2) is 3.95 Å². The van der Waals surface area contributed by atoms with Gasteiger partial charge in [-0.1, -0.05) is 24.8 Å². The van der Waals surface area contributed by atoms with Crippen molar-refractivity contribution in [3.05, 3.63) is 43.7 Å². The van der Waals surface area contributed by atoms with Crippen LogP contribution >= 0.6 is 23.6 Å². The van der Waals surface area contributed by atoms with E-state index in [1.54, 1.807) is 11.3 Å². The highest BCUT2D eigenvalue weighted by molar-refractivity contribution is 7.73. The van der Waals surface area contributed by atoms with Crippen molar-refractivity contribution in [3.8, 4) is 0 Å². The Bertz CT molecular complexity index is 754. The minimum atomic E-state index is 0.779. The van der Waals surface area contributed by atoms with E-state index in [2.05, 4.69) is 52.1 Å². The summed E-state index contributed by atoms with van der Waals surface area (Å²) in [7, 11) is 0. The SMILES string of the molecule is C=c1[nH]c(=S)s/c1=C\c1ccccc1N1CCNCC1. The maximum atomic E-state index is 5.18. The average Bonchev–Trinajstić information content (AvgIpc) is 2.78. The van der Waals surface area contributed by atoms with Crippen molar-refractivity contribution in [2.75, 3.05) is 31.1 Å². The third-order valence-corrected chi connectivity index (χ3v) is 4.66. The van der Waals surface area contributed by atoms with Crippen LogP contribution in [-0.2, 0) is 0 Å². The standard InChI is InChI=1S/C15H17N3S2/c1-11-14(20-15(19)17-11)10-12-4-2-3-5-13(12)18-8-6-16-7-9-18/h2-5,10,16H,1,6-9H2,(H,17,19)/b14-10-. The lowest BCUT2D eigenvalue weighted by atomic mass is 10.1.